The molecule has 1 aromatic rings. The smallest absolute Gasteiger partial charge is 0.125 e. The van der Waals surface area contributed by atoms with E-state index in [0.29, 0.717) is 16.6 Å². The lowest BCUT2D eigenvalue weighted by molar-refractivity contribution is 0.357. The van der Waals surface area contributed by atoms with Crippen LogP contribution >= 0.6 is 0 Å². The minimum atomic E-state index is 0.246. The maximum atomic E-state index is 10.6. The van der Waals surface area contributed by atoms with Crippen LogP contribution in [0.15, 0.2) is 12.1 Å². The molecule has 0 aliphatic rings. The Balaban J connectivity index is 2.45. The number of phenols is 2. The fourth-order valence-corrected chi connectivity index (χ4v) is 3.40. The molecule has 0 aliphatic heterocycles. The lowest BCUT2D eigenvalue weighted by Gasteiger charge is -2.18. The molecule has 0 saturated heterocycles. The number of hydrogen-bond acceptors (Lipinski definition) is 2. The molecular formula is C24H42O2. The van der Waals surface area contributed by atoms with Gasteiger partial charge in [-0.15, -0.1) is 0 Å². The van der Waals surface area contributed by atoms with Crippen LogP contribution in [0.5, 0.6) is 11.5 Å². The van der Waals surface area contributed by atoms with Crippen LogP contribution in [0.1, 0.15) is 104 Å². The largest absolute Gasteiger partial charge is 0.508 e. The van der Waals surface area contributed by atoms with Gasteiger partial charge in [-0.25, -0.2) is 0 Å². The van der Waals surface area contributed by atoms with Crippen molar-refractivity contribution >= 4 is 0 Å². The number of aryl methyl sites for hydroxylation is 1. The number of benzene rings is 1. The summed E-state index contributed by atoms with van der Waals surface area (Å²) in [5.74, 6) is 0.575. The second-order valence-electron chi connectivity index (χ2n) is 10.3. The zero-order chi connectivity index (χ0) is 19.8. The van der Waals surface area contributed by atoms with Gasteiger partial charge in [-0.1, -0.05) is 73.3 Å². The number of phenolic OH excluding ortho intramolecular Hbond substituents is 2. The lowest BCUT2D eigenvalue weighted by Crippen LogP contribution is -2.04. The third-order valence-electron chi connectivity index (χ3n) is 5.07. The van der Waals surface area contributed by atoms with E-state index in [4.69, 9.17) is 0 Å². The first-order valence-electron chi connectivity index (χ1n) is 10.5. The molecule has 0 saturated carbocycles. The summed E-state index contributed by atoms with van der Waals surface area (Å²) in [5.41, 5.74) is 2.51. The predicted octanol–water partition coefficient (Wildman–Crippen LogP) is 7.40. The van der Waals surface area contributed by atoms with Gasteiger partial charge in [-0.05, 0) is 61.0 Å². The number of hydrogen-bond donors (Lipinski definition) is 2. The fourth-order valence-electron chi connectivity index (χ4n) is 3.40. The Hall–Kier alpha value is -1.18. The van der Waals surface area contributed by atoms with Gasteiger partial charge in [0.05, 0.1) is 0 Å². The summed E-state index contributed by atoms with van der Waals surface area (Å²) in [7, 11) is 0. The third-order valence-corrected chi connectivity index (χ3v) is 5.07. The van der Waals surface area contributed by atoms with Crippen molar-refractivity contribution in [3.63, 3.8) is 0 Å². The first-order valence-corrected chi connectivity index (χ1v) is 10.5. The van der Waals surface area contributed by atoms with Gasteiger partial charge in [0.15, 0.2) is 0 Å². The van der Waals surface area contributed by atoms with Gasteiger partial charge in [0, 0.05) is 5.56 Å². The molecule has 0 aliphatic carbocycles. The van der Waals surface area contributed by atoms with Crippen LogP contribution in [0.25, 0.3) is 0 Å². The molecule has 0 amide bonds. The van der Waals surface area contributed by atoms with Crippen LogP contribution in [0, 0.1) is 10.8 Å². The van der Waals surface area contributed by atoms with E-state index in [2.05, 4.69) is 41.5 Å². The van der Waals surface area contributed by atoms with Crippen LogP contribution in [0.3, 0.4) is 0 Å². The van der Waals surface area contributed by atoms with Crippen molar-refractivity contribution in [3.05, 3.63) is 23.3 Å². The van der Waals surface area contributed by atoms with E-state index in [0.717, 1.165) is 43.2 Å². The fraction of sp³-hybridized carbons (Fsp3) is 0.750. The van der Waals surface area contributed by atoms with Crippen molar-refractivity contribution in [3.8, 4) is 11.5 Å². The highest BCUT2D eigenvalue weighted by Gasteiger charge is 2.14. The van der Waals surface area contributed by atoms with E-state index >= 15 is 0 Å². The van der Waals surface area contributed by atoms with Gasteiger partial charge >= 0.3 is 0 Å². The molecule has 150 valence electrons. The summed E-state index contributed by atoms with van der Waals surface area (Å²) >= 11 is 0. The van der Waals surface area contributed by atoms with Gasteiger partial charge in [-0.3, -0.25) is 0 Å². The molecule has 0 radical (unpaired) electrons. The number of unbranched alkanes of at least 4 members (excludes halogenated alkanes) is 4. The monoisotopic (exact) mass is 362 g/mol. The van der Waals surface area contributed by atoms with Crippen molar-refractivity contribution in [2.75, 3.05) is 0 Å². The van der Waals surface area contributed by atoms with Crippen molar-refractivity contribution in [2.24, 2.45) is 10.8 Å². The van der Waals surface area contributed by atoms with E-state index in [1.165, 1.54) is 32.1 Å². The molecule has 0 atom stereocenters. The van der Waals surface area contributed by atoms with E-state index < -0.39 is 0 Å². The zero-order valence-corrected chi connectivity index (χ0v) is 18.1. The van der Waals surface area contributed by atoms with E-state index in [-0.39, 0.29) is 5.75 Å². The molecule has 2 N–H and O–H groups in total. The maximum Gasteiger partial charge on any atom is 0.125 e. The molecule has 26 heavy (non-hydrogen) atoms. The van der Waals surface area contributed by atoms with Crippen LogP contribution in [-0.2, 0) is 12.8 Å². The Morgan fingerprint density at radius 1 is 0.654 bits per heavy atom. The lowest BCUT2D eigenvalue weighted by atomic mass is 9.88. The second-order valence-corrected chi connectivity index (χ2v) is 10.3. The van der Waals surface area contributed by atoms with Crippen molar-refractivity contribution < 1.29 is 10.2 Å². The van der Waals surface area contributed by atoms with Crippen LogP contribution in [-0.4, -0.2) is 10.2 Å². The average Bonchev–Trinajstić information content (AvgIpc) is 2.49. The molecular weight excluding hydrogens is 320 g/mol. The summed E-state index contributed by atoms with van der Waals surface area (Å²) < 4.78 is 0. The predicted molar refractivity (Wildman–Crippen MR) is 113 cm³/mol. The highest BCUT2D eigenvalue weighted by Crippen LogP contribution is 2.33. The van der Waals surface area contributed by atoms with E-state index in [1.54, 1.807) is 6.07 Å². The number of rotatable bonds is 10. The number of aromatic hydroxyl groups is 2. The Kier molecular flexibility index (Phi) is 9.00. The van der Waals surface area contributed by atoms with Crippen molar-refractivity contribution in [1.29, 1.82) is 0 Å². The Morgan fingerprint density at radius 3 is 1.73 bits per heavy atom. The maximum absolute atomic E-state index is 10.6. The van der Waals surface area contributed by atoms with E-state index in [9.17, 15) is 10.2 Å². The van der Waals surface area contributed by atoms with Gasteiger partial charge in [0.1, 0.15) is 11.5 Å². The topological polar surface area (TPSA) is 40.5 Å². The second kappa shape index (κ2) is 10.2. The molecule has 0 unspecified atom stereocenters. The Morgan fingerprint density at radius 2 is 1.15 bits per heavy atom. The van der Waals surface area contributed by atoms with Crippen molar-refractivity contribution in [2.45, 2.75) is 106 Å². The molecule has 2 heteroatoms. The van der Waals surface area contributed by atoms with Gasteiger partial charge < -0.3 is 10.2 Å². The average molecular weight is 363 g/mol. The van der Waals surface area contributed by atoms with Crippen molar-refractivity contribution in [1.82, 2.24) is 0 Å². The molecule has 1 rings (SSSR count). The summed E-state index contributed by atoms with van der Waals surface area (Å²) in [6.07, 6.45) is 11.0. The highest BCUT2D eigenvalue weighted by atomic mass is 16.3. The normalized spacial score (nSPS) is 12.5. The SMILES string of the molecule is CC(C)(C)CCCCCCc1c(O)ccc(CCCCC(C)(C)C)c1O. The molecule has 0 fully saturated rings. The minimum Gasteiger partial charge on any atom is -0.508 e. The molecule has 0 bridgehead atoms. The van der Waals surface area contributed by atoms with Gasteiger partial charge in [0.2, 0.25) is 0 Å². The molecule has 0 heterocycles. The first kappa shape index (κ1) is 22.9. The van der Waals surface area contributed by atoms with Crippen LogP contribution in [0.2, 0.25) is 0 Å². The molecule has 1 aromatic carbocycles. The molecule has 0 aromatic heterocycles. The highest BCUT2D eigenvalue weighted by molar-refractivity contribution is 5.48. The standard InChI is InChI=1S/C24H42O2/c1-23(2,3)17-11-8-7-9-14-20-21(25)16-15-19(22(20)26)13-10-12-18-24(4,5)6/h15-16,25-26H,7-14,17-18H2,1-6H3. The molecule has 2 nitrogen and oxygen atoms in total. The molecule has 0 spiro atoms. The quantitative estimate of drug-likeness (QED) is 0.426. The summed E-state index contributed by atoms with van der Waals surface area (Å²) in [5, 5.41) is 20.7. The Bertz CT molecular complexity index is 532. The minimum absolute atomic E-state index is 0.246. The van der Waals surface area contributed by atoms with Crippen LogP contribution < -0.4 is 0 Å². The summed E-state index contributed by atoms with van der Waals surface area (Å²) in [6.45, 7) is 13.7. The zero-order valence-electron chi connectivity index (χ0n) is 18.1. The summed E-state index contributed by atoms with van der Waals surface area (Å²) in [6, 6.07) is 3.64. The third kappa shape index (κ3) is 9.50. The van der Waals surface area contributed by atoms with E-state index in [1.807, 2.05) is 6.07 Å². The van der Waals surface area contributed by atoms with Gasteiger partial charge in [-0.2, -0.15) is 0 Å². The Labute approximate surface area is 162 Å². The first-order chi connectivity index (χ1) is 12.0. The van der Waals surface area contributed by atoms with Gasteiger partial charge in [0.25, 0.3) is 0 Å². The summed E-state index contributed by atoms with van der Waals surface area (Å²) in [4.78, 5) is 0. The van der Waals surface area contributed by atoms with Crippen LogP contribution in [0.4, 0.5) is 0 Å².